The number of benzene rings is 2. The number of H-pyrrole nitrogens is 2. The van der Waals surface area contributed by atoms with Crippen LogP contribution in [0.25, 0.3) is 33.6 Å². The average Bonchev–Trinajstić information content (AvgIpc) is 4.06. The SMILES string of the molecule is COC(=O)N[C@H](C(=O)N1CCC[C@H]1c1nc(-c2ccc3c(c2)OCC(C)(C)COc2cc(-c4nc([C@@H]5CCCN5C(=O)[C@@H](N[C-]=O)C(C)C)[nH]c4C4CC4)ccc2-3)c(C2CC2)[nH]1)C(C)C.[CH3-].[U+2]. The van der Waals surface area contributed by atoms with Crippen molar-refractivity contribution in [3.05, 3.63) is 66.9 Å². The van der Waals surface area contributed by atoms with E-state index in [1.165, 1.54) is 7.11 Å². The number of imidazole rings is 2. The maximum Gasteiger partial charge on any atom is 2.00 e. The molecule has 15 nitrogen and oxygen atoms in total. The van der Waals surface area contributed by atoms with E-state index in [0.717, 1.165) is 120 Å². The second-order valence-corrected chi connectivity index (χ2v) is 20.2. The quantitative estimate of drug-likeness (QED) is 0.0753. The van der Waals surface area contributed by atoms with Gasteiger partial charge in [0.15, 0.2) is 0 Å². The summed E-state index contributed by atoms with van der Waals surface area (Å²) in [5.41, 5.74) is 7.29. The van der Waals surface area contributed by atoms with E-state index >= 15 is 0 Å². The summed E-state index contributed by atoms with van der Waals surface area (Å²) in [6.07, 6.45) is 8.64. The number of ether oxygens (including phenoxy) is 3. The van der Waals surface area contributed by atoms with Crippen LogP contribution in [0.2, 0.25) is 0 Å². The molecule has 4 aromatic rings. The number of rotatable bonds is 13. The molecule has 2 saturated heterocycles. The van der Waals surface area contributed by atoms with Gasteiger partial charge in [-0.15, -0.1) is 0 Å². The number of carbonyl (C=O) groups excluding carboxylic acids is 4. The Morgan fingerprint density at radius 1 is 0.746 bits per heavy atom. The van der Waals surface area contributed by atoms with Crippen molar-refractivity contribution in [2.75, 3.05) is 33.4 Å². The molecule has 3 aliphatic heterocycles. The van der Waals surface area contributed by atoms with Crippen molar-refractivity contribution in [1.29, 1.82) is 0 Å². The normalized spacial score (nSPS) is 20.7. The fourth-order valence-electron chi connectivity index (χ4n) is 9.78. The molecule has 0 unspecified atom stereocenters. The Balaban J connectivity index is 0.00000333. The van der Waals surface area contributed by atoms with Gasteiger partial charge in [0, 0.05) is 64.0 Å². The standard InChI is InChI=1S/C50H63N8O7.CH3.U/c1-27(2)39(51-26-59)47(60)57-20-8-10-35(57)45-52-41(29-12-13-29)43(54-45)31-16-18-33-34-19-17-32(23-38(34)65-25-50(5,6)24-64-37(33)22-31)44-42(30-14-15-30)53-46(55-44)36-11-9-21-58(36)48(61)40(28(3)4)56-49(62)63-7;;/h16-19,22-23,27-30,35-36,39-40H,8-15,20-21,24-25H2,1-7H3,(H,51,59)(H,52,54)(H,53,55)(H,56,62);1H3;/q2*-1;+2/t35-,36-,39-,40-;;/m0../s1. The van der Waals surface area contributed by atoms with Crippen LogP contribution in [0.1, 0.15) is 140 Å². The fraction of sp³-hybridized carbons (Fsp3) is 0.549. The van der Waals surface area contributed by atoms with Crippen LogP contribution in [0.3, 0.4) is 0 Å². The van der Waals surface area contributed by atoms with Gasteiger partial charge in [0.05, 0.1) is 49.8 Å². The molecular weight excluding hydrogens is 1070 g/mol. The molecule has 356 valence electrons. The van der Waals surface area contributed by atoms with Crippen molar-refractivity contribution in [2.45, 2.75) is 129 Å². The second-order valence-electron chi connectivity index (χ2n) is 20.2. The Morgan fingerprint density at radius 3 is 1.60 bits per heavy atom. The number of methoxy groups -OCH3 is 1. The zero-order valence-electron chi connectivity index (χ0n) is 40.2. The summed E-state index contributed by atoms with van der Waals surface area (Å²) in [4.78, 5) is 72.9. The van der Waals surface area contributed by atoms with Gasteiger partial charge >= 0.3 is 37.2 Å². The van der Waals surface area contributed by atoms with Gasteiger partial charge in [-0.25, -0.2) is 14.8 Å². The van der Waals surface area contributed by atoms with Crippen LogP contribution >= 0.6 is 0 Å². The summed E-state index contributed by atoms with van der Waals surface area (Å²) < 4.78 is 18.3. The first-order chi connectivity index (χ1) is 31.2. The summed E-state index contributed by atoms with van der Waals surface area (Å²) >= 11 is 0. The van der Waals surface area contributed by atoms with Gasteiger partial charge in [0.25, 0.3) is 0 Å². The Bertz CT molecular complexity index is 2460. The Morgan fingerprint density at radius 2 is 1.19 bits per heavy atom. The molecule has 4 atom stereocenters. The van der Waals surface area contributed by atoms with Crippen LogP contribution in [-0.2, 0) is 19.1 Å². The van der Waals surface area contributed by atoms with Gasteiger partial charge in [-0.1, -0.05) is 53.7 Å². The topological polar surface area (TPSA) is 184 Å². The van der Waals surface area contributed by atoms with Crippen molar-refractivity contribution in [1.82, 2.24) is 40.4 Å². The van der Waals surface area contributed by atoms with Crippen molar-refractivity contribution < 1.29 is 64.5 Å². The average molecular weight is 1140 g/mol. The summed E-state index contributed by atoms with van der Waals surface area (Å²) in [6.45, 7) is 14.0. The zero-order valence-corrected chi connectivity index (χ0v) is 44.4. The largest absolute Gasteiger partial charge is 2.00 e. The molecule has 2 aromatic carbocycles. The molecule has 0 spiro atoms. The Hall–Kier alpha value is -4.81. The van der Waals surface area contributed by atoms with Crippen LogP contribution in [0.4, 0.5) is 4.79 Å². The van der Waals surface area contributed by atoms with E-state index in [4.69, 9.17) is 24.2 Å². The molecule has 16 heteroatoms. The number of hydrogen-bond donors (Lipinski definition) is 4. The molecule has 2 aliphatic carbocycles. The molecule has 67 heavy (non-hydrogen) atoms. The Labute approximate surface area is 418 Å². The van der Waals surface area contributed by atoms with Crippen LogP contribution in [0, 0.1) is 55.8 Å². The number of fused-ring (bicyclic) bond motifs is 3. The predicted octanol–water partition coefficient (Wildman–Crippen LogP) is 8.53. The predicted molar refractivity (Wildman–Crippen MR) is 251 cm³/mol. The molecule has 4 N–H and O–H groups in total. The molecule has 2 saturated carbocycles. The maximum atomic E-state index is 14.0. The van der Waals surface area contributed by atoms with E-state index in [0.29, 0.717) is 38.1 Å². The molecule has 5 heterocycles. The molecule has 4 fully saturated rings. The minimum atomic E-state index is -0.713. The number of nitrogens with zero attached hydrogens (tertiary/aromatic N) is 4. The summed E-state index contributed by atoms with van der Waals surface area (Å²) in [6, 6.07) is 10.8. The zero-order chi connectivity index (χ0) is 45.7. The monoisotopic (exact) mass is 1140 g/mol. The number of aromatic nitrogens is 4. The third kappa shape index (κ3) is 10.3. The number of alkyl carbamates (subject to hydrolysis) is 1. The molecule has 4 amide bonds. The number of likely N-dealkylation sites (tertiary alicyclic amines) is 2. The number of hydrogen-bond acceptors (Lipinski definition) is 9. The van der Waals surface area contributed by atoms with Crippen LogP contribution in [0.5, 0.6) is 11.5 Å². The van der Waals surface area contributed by atoms with E-state index < -0.39 is 18.2 Å². The summed E-state index contributed by atoms with van der Waals surface area (Å²) in [7, 11) is 1.30. The van der Waals surface area contributed by atoms with Crippen molar-refractivity contribution in [3.8, 4) is 45.1 Å². The van der Waals surface area contributed by atoms with E-state index in [9.17, 15) is 19.2 Å². The van der Waals surface area contributed by atoms with Gasteiger partial charge in [0.2, 0.25) is 11.8 Å². The summed E-state index contributed by atoms with van der Waals surface area (Å²) in [5.74, 6) is 3.29. The van der Waals surface area contributed by atoms with Crippen molar-refractivity contribution in [2.24, 2.45) is 17.3 Å². The number of carbonyl (C=O) groups is 3. The van der Waals surface area contributed by atoms with Crippen LogP contribution in [0.15, 0.2) is 36.4 Å². The smallest absolute Gasteiger partial charge is 0.520 e. The molecule has 5 aliphatic rings. The number of nitrogens with one attached hydrogen (secondary N) is 4. The Kier molecular flexibility index (Phi) is 15.3. The van der Waals surface area contributed by atoms with Gasteiger partial charge < -0.3 is 56.8 Å². The molecule has 0 radical (unpaired) electrons. The van der Waals surface area contributed by atoms with Gasteiger partial charge in [-0.05, 0) is 87.5 Å². The van der Waals surface area contributed by atoms with E-state index in [2.05, 4.69) is 70.8 Å². The molecular formula is C51H66N8O7U. The molecule has 2 aromatic heterocycles. The number of aromatic amines is 2. The fourth-order valence-corrected chi connectivity index (χ4v) is 9.78. The van der Waals surface area contributed by atoms with E-state index in [1.807, 2.05) is 37.5 Å². The molecule has 0 bridgehead atoms. The van der Waals surface area contributed by atoms with E-state index in [-0.39, 0.29) is 79.7 Å². The number of amides is 4. The minimum Gasteiger partial charge on any atom is -0.520 e. The second kappa shape index (κ2) is 20.4. The first-order valence-corrected chi connectivity index (χ1v) is 23.6. The van der Waals surface area contributed by atoms with Crippen LogP contribution in [-0.4, -0.2) is 99.6 Å². The van der Waals surface area contributed by atoms with Gasteiger partial charge in [0.1, 0.15) is 29.2 Å². The van der Waals surface area contributed by atoms with Crippen molar-refractivity contribution in [3.63, 3.8) is 0 Å². The minimum absolute atomic E-state index is 0. The first kappa shape index (κ1) is 50.1. The molecule has 9 rings (SSSR count). The maximum absolute atomic E-state index is 14.0. The first-order valence-electron chi connectivity index (χ1n) is 23.6. The van der Waals surface area contributed by atoms with Crippen molar-refractivity contribution >= 4 is 24.3 Å². The third-order valence-corrected chi connectivity index (χ3v) is 13.8. The van der Waals surface area contributed by atoms with E-state index in [1.54, 1.807) is 6.41 Å². The van der Waals surface area contributed by atoms with Gasteiger partial charge in [-0.3, -0.25) is 9.59 Å². The summed E-state index contributed by atoms with van der Waals surface area (Å²) in [5, 5.41) is 5.38. The third-order valence-electron chi connectivity index (χ3n) is 13.8. The van der Waals surface area contributed by atoms with Crippen LogP contribution < -0.4 is 20.1 Å². The van der Waals surface area contributed by atoms with Gasteiger partial charge in [-0.2, -0.15) is 6.41 Å².